The summed E-state index contributed by atoms with van der Waals surface area (Å²) in [5.74, 6) is 1.30. The Morgan fingerprint density at radius 3 is 2.77 bits per heavy atom. The van der Waals surface area contributed by atoms with Gasteiger partial charge in [-0.05, 0) is 42.0 Å². The topological polar surface area (TPSA) is 81.9 Å². The largest absolute Gasteiger partial charge is 0.486 e. The number of amides is 1. The number of thioether (sulfide) groups is 1. The first-order chi connectivity index (χ1) is 17.0. The van der Waals surface area contributed by atoms with Gasteiger partial charge in [0.2, 0.25) is 5.91 Å². The predicted octanol–water partition coefficient (Wildman–Crippen LogP) is 6.13. The van der Waals surface area contributed by atoms with E-state index in [1.54, 1.807) is 36.5 Å². The highest BCUT2D eigenvalue weighted by Crippen LogP contribution is 2.24. The lowest BCUT2D eigenvalue weighted by Crippen LogP contribution is -2.14. The first kappa shape index (κ1) is 25.2. The average Bonchev–Trinajstić information content (AvgIpc) is 3.44. The molecule has 2 aromatic heterocycles. The second-order valence-corrected chi connectivity index (χ2v) is 10.2. The number of carbonyl (C=O) groups is 1. The third kappa shape index (κ3) is 7.32. The van der Waals surface area contributed by atoms with Crippen molar-refractivity contribution >= 4 is 57.3 Å². The van der Waals surface area contributed by atoms with Gasteiger partial charge in [-0.15, -0.1) is 28.1 Å². The van der Waals surface area contributed by atoms with Gasteiger partial charge in [-0.25, -0.2) is 4.98 Å². The van der Waals surface area contributed by atoms with Gasteiger partial charge in [0.25, 0.3) is 0 Å². The summed E-state index contributed by atoms with van der Waals surface area (Å²) in [4.78, 5) is 17.9. The van der Waals surface area contributed by atoms with Crippen LogP contribution in [0.5, 0.6) is 5.75 Å². The van der Waals surface area contributed by atoms with Crippen molar-refractivity contribution < 1.29 is 9.53 Å². The Morgan fingerprint density at radius 1 is 1.17 bits per heavy atom. The fraction of sp³-hybridized carbons (Fsp3) is 0.167. The summed E-state index contributed by atoms with van der Waals surface area (Å²) in [5, 5.41) is 13.8. The third-order valence-corrected chi connectivity index (χ3v) is 7.05. The van der Waals surface area contributed by atoms with E-state index in [1.807, 2.05) is 28.8 Å². The molecule has 0 saturated carbocycles. The van der Waals surface area contributed by atoms with E-state index in [2.05, 4.69) is 27.1 Å². The van der Waals surface area contributed by atoms with Crippen LogP contribution < -0.4 is 10.1 Å². The summed E-state index contributed by atoms with van der Waals surface area (Å²) in [7, 11) is 0. The van der Waals surface area contributed by atoms with Crippen molar-refractivity contribution in [3.63, 3.8) is 0 Å². The lowest BCUT2D eigenvalue weighted by atomic mass is 10.1. The van der Waals surface area contributed by atoms with Crippen LogP contribution >= 0.6 is 46.3 Å². The van der Waals surface area contributed by atoms with E-state index in [0.29, 0.717) is 44.9 Å². The Morgan fingerprint density at radius 2 is 2.00 bits per heavy atom. The number of nitrogens with zero attached hydrogens (tertiary/aromatic N) is 4. The fourth-order valence-corrected chi connectivity index (χ4v) is 5.07. The molecule has 0 atom stereocenters. The minimum Gasteiger partial charge on any atom is -0.486 e. The maximum atomic E-state index is 12.5. The molecule has 0 unspecified atom stereocenters. The van der Waals surface area contributed by atoms with E-state index in [9.17, 15) is 4.79 Å². The second-order valence-electron chi connectivity index (χ2n) is 7.32. The van der Waals surface area contributed by atoms with Crippen LogP contribution in [0.3, 0.4) is 0 Å². The molecule has 1 N–H and O–H groups in total. The zero-order chi connectivity index (χ0) is 24.6. The van der Waals surface area contributed by atoms with Gasteiger partial charge in [0, 0.05) is 34.1 Å². The molecule has 11 heteroatoms. The number of halogens is 2. The van der Waals surface area contributed by atoms with Crippen LogP contribution in [0, 0.1) is 0 Å². The summed E-state index contributed by atoms with van der Waals surface area (Å²) < 4.78 is 7.65. The number of allylic oxidation sites excluding steroid dienone is 1. The maximum absolute atomic E-state index is 12.5. The molecule has 0 aliphatic rings. The minimum absolute atomic E-state index is 0.163. The third-order valence-electron chi connectivity index (χ3n) is 4.69. The maximum Gasteiger partial charge on any atom is 0.236 e. The zero-order valence-electron chi connectivity index (χ0n) is 18.5. The van der Waals surface area contributed by atoms with Gasteiger partial charge < -0.3 is 10.1 Å². The van der Waals surface area contributed by atoms with Gasteiger partial charge in [-0.2, -0.15) is 0 Å². The summed E-state index contributed by atoms with van der Waals surface area (Å²) in [6, 6.07) is 14.8. The Kier molecular flexibility index (Phi) is 8.81. The van der Waals surface area contributed by atoms with Crippen molar-refractivity contribution in [2.24, 2.45) is 0 Å². The minimum atomic E-state index is -0.175. The van der Waals surface area contributed by atoms with Crippen LogP contribution in [-0.4, -0.2) is 31.4 Å². The van der Waals surface area contributed by atoms with Crippen LogP contribution in [0.4, 0.5) is 5.13 Å². The molecule has 0 aliphatic heterocycles. The molecule has 2 aromatic carbocycles. The number of rotatable bonds is 11. The highest BCUT2D eigenvalue weighted by Gasteiger charge is 2.15. The zero-order valence-corrected chi connectivity index (χ0v) is 21.6. The lowest BCUT2D eigenvalue weighted by molar-refractivity contribution is -0.113. The van der Waals surface area contributed by atoms with Crippen molar-refractivity contribution in [1.29, 1.82) is 0 Å². The van der Waals surface area contributed by atoms with Gasteiger partial charge in [-0.3, -0.25) is 9.36 Å². The van der Waals surface area contributed by atoms with Crippen molar-refractivity contribution in [3.8, 4) is 5.75 Å². The Hall–Kier alpha value is -2.85. The summed E-state index contributed by atoms with van der Waals surface area (Å²) in [6.45, 7) is 4.52. The summed E-state index contributed by atoms with van der Waals surface area (Å²) in [5.41, 5.74) is 1.09. The molecule has 0 spiro atoms. The molecule has 1 amide bonds. The van der Waals surface area contributed by atoms with E-state index in [4.69, 9.17) is 27.9 Å². The normalized spacial score (nSPS) is 10.8. The van der Waals surface area contributed by atoms with Gasteiger partial charge in [0.1, 0.15) is 12.4 Å². The molecule has 0 aliphatic carbocycles. The fourth-order valence-electron chi connectivity index (χ4n) is 3.10. The first-order valence-corrected chi connectivity index (χ1v) is 13.1. The van der Waals surface area contributed by atoms with E-state index in [1.165, 1.54) is 23.1 Å². The van der Waals surface area contributed by atoms with Crippen LogP contribution in [0.15, 0.2) is 72.5 Å². The number of nitrogens with one attached hydrogen (secondary N) is 1. The number of hydrogen-bond donors (Lipinski definition) is 1. The monoisotopic (exact) mass is 545 g/mol. The van der Waals surface area contributed by atoms with Crippen LogP contribution in [0.25, 0.3) is 0 Å². The van der Waals surface area contributed by atoms with Crippen LogP contribution in [-0.2, 0) is 24.4 Å². The Labute approximate surface area is 221 Å². The van der Waals surface area contributed by atoms with Crippen molar-refractivity contribution in [1.82, 2.24) is 19.7 Å². The van der Waals surface area contributed by atoms with Crippen LogP contribution in [0.1, 0.15) is 16.3 Å². The SMILES string of the molecule is C=CCn1c(COc2ccc(Cl)cc2)nnc1SCC(=O)Nc1ncc(Cc2cccc(Cl)c2)s1. The molecule has 4 rings (SSSR count). The molecule has 180 valence electrons. The molecule has 0 fully saturated rings. The number of benzene rings is 2. The molecule has 0 bridgehead atoms. The van der Waals surface area contributed by atoms with Crippen molar-refractivity contribution in [3.05, 3.63) is 93.7 Å². The highest BCUT2D eigenvalue weighted by atomic mass is 35.5. The number of thiazole rings is 1. The first-order valence-electron chi connectivity index (χ1n) is 10.5. The summed E-state index contributed by atoms with van der Waals surface area (Å²) >= 11 is 14.7. The van der Waals surface area contributed by atoms with Gasteiger partial charge >= 0.3 is 0 Å². The van der Waals surface area contributed by atoms with E-state index in [0.717, 1.165) is 10.4 Å². The number of ether oxygens (including phenoxy) is 1. The molecular formula is C24H21Cl2N5O2S2. The predicted molar refractivity (Wildman–Crippen MR) is 142 cm³/mol. The number of carbonyl (C=O) groups excluding carboxylic acids is 1. The smallest absolute Gasteiger partial charge is 0.236 e. The standard InChI is InChI=1S/C24H21Cl2N5O2S2/c1-2-10-31-21(14-33-19-8-6-17(25)7-9-19)29-30-24(31)34-15-22(32)28-23-27-13-20(35-23)12-16-4-3-5-18(26)11-16/h2-9,11,13H,1,10,12,14-15H2,(H,27,28,32). The van der Waals surface area contributed by atoms with E-state index in [-0.39, 0.29) is 18.3 Å². The van der Waals surface area contributed by atoms with Gasteiger partial charge in [-0.1, -0.05) is 53.2 Å². The molecular weight excluding hydrogens is 525 g/mol. The van der Waals surface area contributed by atoms with Gasteiger partial charge in [0.05, 0.1) is 5.75 Å². The highest BCUT2D eigenvalue weighted by molar-refractivity contribution is 7.99. The molecule has 0 saturated heterocycles. The quantitative estimate of drug-likeness (QED) is 0.180. The van der Waals surface area contributed by atoms with Gasteiger partial charge in [0.15, 0.2) is 16.1 Å². The second kappa shape index (κ2) is 12.2. The average molecular weight is 547 g/mol. The number of aromatic nitrogens is 4. The molecule has 35 heavy (non-hydrogen) atoms. The van der Waals surface area contributed by atoms with E-state index < -0.39 is 0 Å². The molecule has 2 heterocycles. The molecule has 7 nitrogen and oxygen atoms in total. The number of anilines is 1. The van der Waals surface area contributed by atoms with Crippen molar-refractivity contribution in [2.45, 2.75) is 24.7 Å². The number of hydrogen-bond acceptors (Lipinski definition) is 7. The molecule has 0 radical (unpaired) electrons. The Balaban J connectivity index is 1.31. The lowest BCUT2D eigenvalue weighted by Gasteiger charge is -2.09. The summed E-state index contributed by atoms with van der Waals surface area (Å²) in [6.07, 6.45) is 4.21. The Bertz CT molecular complexity index is 1310. The van der Waals surface area contributed by atoms with Crippen LogP contribution in [0.2, 0.25) is 10.0 Å². The van der Waals surface area contributed by atoms with E-state index >= 15 is 0 Å². The van der Waals surface area contributed by atoms with Crippen molar-refractivity contribution in [2.75, 3.05) is 11.1 Å². The molecule has 4 aromatic rings.